The number of ether oxygens (including phenoxy) is 1. The highest BCUT2D eigenvalue weighted by Crippen LogP contribution is 2.29. The minimum atomic E-state index is -0.609. The van der Waals surface area contributed by atoms with E-state index >= 15 is 0 Å². The van der Waals surface area contributed by atoms with Crippen molar-refractivity contribution in [2.45, 2.75) is 0 Å². The van der Waals surface area contributed by atoms with E-state index in [1.807, 2.05) is 0 Å². The van der Waals surface area contributed by atoms with E-state index in [0.29, 0.717) is 11.1 Å². The van der Waals surface area contributed by atoms with Gasteiger partial charge in [0.15, 0.2) is 0 Å². The lowest BCUT2D eigenvalue weighted by Gasteiger charge is -2.00. The Bertz CT molecular complexity index is 853. The third kappa shape index (κ3) is 3.01. The van der Waals surface area contributed by atoms with Crippen molar-refractivity contribution in [2.75, 3.05) is 0 Å². The Morgan fingerprint density at radius 1 is 1.09 bits per heavy atom. The number of esters is 1. The number of carbonyl (C=O) groups excluding carboxylic acids is 1. The van der Waals surface area contributed by atoms with Gasteiger partial charge < -0.3 is 4.74 Å². The van der Waals surface area contributed by atoms with Gasteiger partial charge in [-0.25, -0.2) is 9.18 Å². The van der Waals surface area contributed by atoms with Crippen LogP contribution in [0.1, 0.15) is 11.1 Å². The predicted octanol–water partition coefficient (Wildman–Crippen LogP) is 3.72. The zero-order chi connectivity index (χ0) is 16.4. The van der Waals surface area contributed by atoms with Gasteiger partial charge in [-0.2, -0.15) is 0 Å². The maximum Gasteiger partial charge on any atom is 0.343 e. The Labute approximate surface area is 130 Å². The fraction of sp³-hybridized carbons (Fsp3) is 0. The molecular formula is C17H10FNO4. The fourth-order valence-corrected chi connectivity index (χ4v) is 2.19. The van der Waals surface area contributed by atoms with E-state index in [1.165, 1.54) is 42.5 Å². The van der Waals surface area contributed by atoms with Crippen molar-refractivity contribution in [3.05, 3.63) is 87.2 Å². The van der Waals surface area contributed by atoms with Crippen LogP contribution < -0.4 is 0 Å². The molecule has 0 radical (unpaired) electrons. The van der Waals surface area contributed by atoms with E-state index in [0.717, 1.165) is 0 Å². The highest BCUT2D eigenvalue weighted by molar-refractivity contribution is 6.05. The largest absolute Gasteiger partial charge is 0.422 e. The Balaban J connectivity index is 1.99. The van der Waals surface area contributed by atoms with Crippen LogP contribution in [-0.4, -0.2) is 10.9 Å². The summed E-state index contributed by atoms with van der Waals surface area (Å²) in [6.07, 6.45) is 2.88. The summed E-state index contributed by atoms with van der Waals surface area (Å²) >= 11 is 0. The van der Waals surface area contributed by atoms with Crippen molar-refractivity contribution in [1.82, 2.24) is 0 Å². The predicted molar refractivity (Wildman–Crippen MR) is 81.5 cm³/mol. The molecule has 1 aliphatic rings. The molecule has 0 aromatic heterocycles. The molecule has 1 heterocycles. The average Bonchev–Trinajstić information content (AvgIpc) is 2.89. The third-order valence-electron chi connectivity index (χ3n) is 3.30. The van der Waals surface area contributed by atoms with Gasteiger partial charge in [0.25, 0.3) is 5.69 Å². The molecule has 0 unspecified atom stereocenters. The second kappa shape index (κ2) is 5.84. The number of cyclic esters (lactones) is 1. The summed E-state index contributed by atoms with van der Waals surface area (Å²) in [7, 11) is 0. The molecule has 0 bridgehead atoms. The van der Waals surface area contributed by atoms with Gasteiger partial charge in [0.1, 0.15) is 11.6 Å². The van der Waals surface area contributed by atoms with Crippen molar-refractivity contribution < 1.29 is 18.8 Å². The zero-order valence-electron chi connectivity index (χ0n) is 11.7. The number of nitrogens with zero attached hydrogens (tertiary/aromatic N) is 1. The maximum absolute atomic E-state index is 12.9. The lowest BCUT2D eigenvalue weighted by molar-refractivity contribution is -0.385. The quantitative estimate of drug-likeness (QED) is 0.375. The summed E-state index contributed by atoms with van der Waals surface area (Å²) in [5, 5.41) is 11.0. The van der Waals surface area contributed by atoms with E-state index in [4.69, 9.17) is 4.74 Å². The molecule has 6 heteroatoms. The molecule has 23 heavy (non-hydrogen) atoms. The Morgan fingerprint density at radius 3 is 2.48 bits per heavy atom. The van der Waals surface area contributed by atoms with Crippen molar-refractivity contribution >= 4 is 23.5 Å². The minimum absolute atomic E-state index is 0.101. The number of hydrogen-bond acceptors (Lipinski definition) is 4. The highest BCUT2D eigenvalue weighted by Gasteiger charge is 2.23. The first-order chi connectivity index (χ1) is 11.0. The normalized spacial score (nSPS) is 15.4. The van der Waals surface area contributed by atoms with E-state index in [1.54, 1.807) is 18.2 Å². The number of nitro benzene ring substituents is 1. The summed E-state index contributed by atoms with van der Waals surface area (Å²) in [5.41, 5.74) is 0.946. The van der Waals surface area contributed by atoms with Crippen LogP contribution in [0.4, 0.5) is 10.1 Å². The molecule has 0 saturated heterocycles. The number of halogens is 1. The average molecular weight is 311 g/mol. The summed E-state index contributed by atoms with van der Waals surface area (Å²) in [6.45, 7) is 0. The van der Waals surface area contributed by atoms with Crippen LogP contribution in [0.25, 0.3) is 11.8 Å². The molecule has 0 atom stereocenters. The Hall–Kier alpha value is -3.28. The van der Waals surface area contributed by atoms with Gasteiger partial charge in [-0.15, -0.1) is 0 Å². The lowest BCUT2D eigenvalue weighted by atomic mass is 10.1. The first-order valence-electron chi connectivity index (χ1n) is 6.69. The van der Waals surface area contributed by atoms with E-state index in [2.05, 4.69) is 0 Å². The van der Waals surface area contributed by atoms with Gasteiger partial charge in [-0.05, 0) is 42.5 Å². The van der Waals surface area contributed by atoms with Gasteiger partial charge in [-0.3, -0.25) is 10.1 Å². The molecule has 0 aliphatic carbocycles. The van der Waals surface area contributed by atoms with E-state index in [-0.39, 0.29) is 17.0 Å². The summed E-state index contributed by atoms with van der Waals surface area (Å²) in [6, 6.07) is 11.6. The molecule has 2 aromatic rings. The van der Waals surface area contributed by atoms with Crippen LogP contribution in [0.2, 0.25) is 0 Å². The van der Waals surface area contributed by atoms with Gasteiger partial charge in [-0.1, -0.05) is 12.1 Å². The summed E-state index contributed by atoms with van der Waals surface area (Å²) in [5.74, 6) is -0.725. The number of hydrogen-bond donors (Lipinski definition) is 0. The van der Waals surface area contributed by atoms with Crippen LogP contribution >= 0.6 is 0 Å². The topological polar surface area (TPSA) is 69.4 Å². The molecule has 0 spiro atoms. The van der Waals surface area contributed by atoms with Crippen LogP contribution in [-0.2, 0) is 9.53 Å². The molecule has 114 valence electrons. The van der Waals surface area contributed by atoms with Crippen molar-refractivity contribution in [3.63, 3.8) is 0 Å². The molecular weight excluding hydrogens is 301 g/mol. The fourth-order valence-electron chi connectivity index (χ4n) is 2.19. The van der Waals surface area contributed by atoms with Crippen molar-refractivity contribution in [2.24, 2.45) is 0 Å². The molecule has 2 aromatic carbocycles. The molecule has 0 saturated carbocycles. The monoisotopic (exact) mass is 311 g/mol. The Kier molecular flexibility index (Phi) is 3.72. The number of rotatable bonds is 3. The van der Waals surface area contributed by atoms with Crippen molar-refractivity contribution in [3.8, 4) is 0 Å². The first kappa shape index (κ1) is 14.6. The standard InChI is InChI=1S/C17H10FNO4/c18-14-7-5-11(6-8-14)16-10-13(17(20)23-16)9-12-3-1-2-4-15(12)19(21)22/h1-10H/b13-9+. The van der Waals surface area contributed by atoms with E-state index < -0.39 is 16.7 Å². The second-order valence-electron chi connectivity index (χ2n) is 4.82. The van der Waals surface area contributed by atoms with Gasteiger partial charge in [0.05, 0.1) is 16.1 Å². The van der Waals surface area contributed by atoms with Crippen LogP contribution in [0.5, 0.6) is 0 Å². The number of benzene rings is 2. The summed E-state index contributed by atoms with van der Waals surface area (Å²) < 4.78 is 18.1. The SMILES string of the molecule is O=C1OC(c2ccc(F)cc2)=C/C1=C\c1ccccc1[N+](=O)[O-]. The zero-order valence-corrected chi connectivity index (χ0v) is 11.7. The minimum Gasteiger partial charge on any atom is -0.422 e. The van der Waals surface area contributed by atoms with E-state index in [9.17, 15) is 19.3 Å². The van der Waals surface area contributed by atoms with Gasteiger partial charge >= 0.3 is 5.97 Å². The Morgan fingerprint density at radius 2 is 1.78 bits per heavy atom. The van der Waals surface area contributed by atoms with Crippen LogP contribution in [0.15, 0.2) is 60.2 Å². The maximum atomic E-state index is 12.9. The molecule has 0 amide bonds. The number of para-hydroxylation sites is 1. The molecule has 1 aliphatic heterocycles. The number of nitro groups is 1. The molecule has 0 fully saturated rings. The van der Waals surface area contributed by atoms with Crippen LogP contribution in [0, 0.1) is 15.9 Å². The highest BCUT2D eigenvalue weighted by atomic mass is 19.1. The van der Waals surface area contributed by atoms with Gasteiger partial charge in [0, 0.05) is 11.6 Å². The van der Waals surface area contributed by atoms with Crippen LogP contribution in [0.3, 0.4) is 0 Å². The van der Waals surface area contributed by atoms with Crippen molar-refractivity contribution in [1.29, 1.82) is 0 Å². The lowest BCUT2D eigenvalue weighted by Crippen LogP contribution is -1.98. The molecule has 5 nitrogen and oxygen atoms in total. The first-order valence-corrected chi connectivity index (χ1v) is 6.69. The smallest absolute Gasteiger partial charge is 0.343 e. The third-order valence-corrected chi connectivity index (χ3v) is 3.30. The number of carbonyl (C=O) groups is 1. The molecule has 3 rings (SSSR count). The molecule has 0 N–H and O–H groups in total. The summed E-state index contributed by atoms with van der Waals surface area (Å²) in [4.78, 5) is 22.4. The van der Waals surface area contributed by atoms with Gasteiger partial charge in [0.2, 0.25) is 0 Å². The second-order valence-corrected chi connectivity index (χ2v) is 4.82.